The SMILES string of the molecule is COc1cccc2c1C(C(=O)O)CCC2. The van der Waals surface area contributed by atoms with Crippen molar-refractivity contribution in [1.82, 2.24) is 0 Å². The number of methoxy groups -OCH3 is 1. The molecule has 0 heterocycles. The topological polar surface area (TPSA) is 46.5 Å². The Bertz CT molecular complexity index is 370. The Hall–Kier alpha value is -1.51. The molecule has 0 fully saturated rings. The Morgan fingerprint density at radius 2 is 2.33 bits per heavy atom. The van der Waals surface area contributed by atoms with Gasteiger partial charge in [-0.1, -0.05) is 12.1 Å². The van der Waals surface area contributed by atoms with Gasteiger partial charge >= 0.3 is 5.97 Å². The molecule has 1 aliphatic carbocycles. The van der Waals surface area contributed by atoms with Crippen molar-refractivity contribution in [3.05, 3.63) is 29.3 Å². The molecule has 0 spiro atoms. The molecule has 80 valence electrons. The van der Waals surface area contributed by atoms with Crippen LogP contribution in [0.1, 0.15) is 29.9 Å². The lowest BCUT2D eigenvalue weighted by atomic mass is 9.82. The molecule has 0 bridgehead atoms. The first-order valence-corrected chi connectivity index (χ1v) is 5.12. The second kappa shape index (κ2) is 3.93. The van der Waals surface area contributed by atoms with Gasteiger partial charge in [0.2, 0.25) is 0 Å². The highest BCUT2D eigenvalue weighted by Gasteiger charge is 2.28. The fraction of sp³-hybridized carbons (Fsp3) is 0.417. The standard InChI is InChI=1S/C12H14O3/c1-15-10-7-3-5-8-4-2-6-9(11(8)10)12(13)14/h3,5,7,9H,2,4,6H2,1H3,(H,13,14). The normalized spacial score (nSPS) is 19.4. The molecule has 0 aromatic heterocycles. The van der Waals surface area contributed by atoms with E-state index in [1.165, 1.54) is 0 Å². The molecule has 1 atom stereocenters. The highest BCUT2D eigenvalue weighted by molar-refractivity contribution is 5.78. The zero-order chi connectivity index (χ0) is 10.8. The van der Waals surface area contributed by atoms with E-state index in [4.69, 9.17) is 9.84 Å². The minimum absolute atomic E-state index is 0.398. The van der Waals surface area contributed by atoms with E-state index >= 15 is 0 Å². The highest BCUT2D eigenvalue weighted by Crippen LogP contribution is 2.37. The number of fused-ring (bicyclic) bond motifs is 1. The number of carbonyl (C=O) groups is 1. The highest BCUT2D eigenvalue weighted by atomic mass is 16.5. The summed E-state index contributed by atoms with van der Waals surface area (Å²) < 4.78 is 5.23. The van der Waals surface area contributed by atoms with Crippen LogP contribution in [0.3, 0.4) is 0 Å². The molecule has 2 rings (SSSR count). The monoisotopic (exact) mass is 206 g/mol. The maximum Gasteiger partial charge on any atom is 0.311 e. The molecule has 1 aromatic carbocycles. The van der Waals surface area contributed by atoms with Crippen molar-refractivity contribution in [3.63, 3.8) is 0 Å². The van der Waals surface area contributed by atoms with Gasteiger partial charge in [-0.3, -0.25) is 4.79 Å². The molecule has 1 aliphatic rings. The van der Waals surface area contributed by atoms with Gasteiger partial charge in [0.15, 0.2) is 0 Å². The van der Waals surface area contributed by atoms with Crippen LogP contribution in [0.4, 0.5) is 0 Å². The summed E-state index contributed by atoms with van der Waals surface area (Å²) in [5, 5.41) is 9.15. The third-order valence-electron chi connectivity index (χ3n) is 2.96. The number of aliphatic carboxylic acids is 1. The lowest BCUT2D eigenvalue weighted by Gasteiger charge is -2.24. The largest absolute Gasteiger partial charge is 0.496 e. The van der Waals surface area contributed by atoms with Crippen molar-refractivity contribution in [3.8, 4) is 5.75 Å². The molecule has 3 heteroatoms. The fourth-order valence-corrected chi connectivity index (χ4v) is 2.27. The lowest BCUT2D eigenvalue weighted by molar-refractivity contribution is -0.139. The van der Waals surface area contributed by atoms with Gasteiger partial charge in [-0.25, -0.2) is 0 Å². The van der Waals surface area contributed by atoms with Crippen LogP contribution in [0.5, 0.6) is 5.75 Å². The third-order valence-corrected chi connectivity index (χ3v) is 2.96. The molecular weight excluding hydrogens is 192 g/mol. The number of aryl methyl sites for hydroxylation is 1. The van der Waals surface area contributed by atoms with Crippen LogP contribution in [0, 0.1) is 0 Å². The molecule has 0 amide bonds. The number of benzene rings is 1. The summed E-state index contributed by atoms with van der Waals surface area (Å²) in [4.78, 5) is 11.1. The number of rotatable bonds is 2. The Morgan fingerprint density at radius 1 is 1.53 bits per heavy atom. The Labute approximate surface area is 88.7 Å². The van der Waals surface area contributed by atoms with E-state index in [1.54, 1.807) is 7.11 Å². The minimum Gasteiger partial charge on any atom is -0.496 e. The van der Waals surface area contributed by atoms with Crippen molar-refractivity contribution in [1.29, 1.82) is 0 Å². The number of carboxylic acid groups (broad SMARTS) is 1. The molecule has 1 N–H and O–H groups in total. The van der Waals surface area contributed by atoms with E-state index in [-0.39, 0.29) is 0 Å². The summed E-state index contributed by atoms with van der Waals surface area (Å²) in [5.41, 5.74) is 1.99. The van der Waals surface area contributed by atoms with Crippen molar-refractivity contribution in [2.24, 2.45) is 0 Å². The third kappa shape index (κ3) is 1.69. The summed E-state index contributed by atoms with van der Waals surface area (Å²) in [5.74, 6) is -0.440. The van der Waals surface area contributed by atoms with Crippen molar-refractivity contribution in [2.45, 2.75) is 25.2 Å². The van der Waals surface area contributed by atoms with Gasteiger partial charge in [0, 0.05) is 5.56 Å². The van der Waals surface area contributed by atoms with Gasteiger partial charge in [-0.2, -0.15) is 0 Å². The number of hydrogen-bond acceptors (Lipinski definition) is 2. The second-order valence-corrected chi connectivity index (χ2v) is 3.82. The van der Waals surface area contributed by atoms with Crippen LogP contribution in [-0.4, -0.2) is 18.2 Å². The first kappa shape index (κ1) is 10.0. The molecule has 1 aromatic rings. The van der Waals surface area contributed by atoms with Gasteiger partial charge in [-0.15, -0.1) is 0 Å². The van der Waals surface area contributed by atoms with E-state index in [0.717, 1.165) is 24.0 Å². The molecule has 15 heavy (non-hydrogen) atoms. The average Bonchev–Trinajstić information content (AvgIpc) is 2.27. The van der Waals surface area contributed by atoms with E-state index in [2.05, 4.69) is 0 Å². The van der Waals surface area contributed by atoms with Crippen LogP contribution in [0.25, 0.3) is 0 Å². The first-order chi connectivity index (χ1) is 7.24. The van der Waals surface area contributed by atoms with E-state index in [0.29, 0.717) is 12.2 Å². The average molecular weight is 206 g/mol. The summed E-state index contributed by atoms with van der Waals surface area (Å²) in [6, 6.07) is 5.74. The summed E-state index contributed by atoms with van der Waals surface area (Å²) >= 11 is 0. The molecule has 0 saturated carbocycles. The van der Waals surface area contributed by atoms with Crippen molar-refractivity contribution >= 4 is 5.97 Å². The maximum atomic E-state index is 11.1. The number of carboxylic acids is 1. The van der Waals surface area contributed by atoms with Gasteiger partial charge < -0.3 is 9.84 Å². The minimum atomic E-state index is -0.750. The van der Waals surface area contributed by atoms with Gasteiger partial charge in [0.05, 0.1) is 13.0 Å². The van der Waals surface area contributed by atoms with Crippen LogP contribution in [0.2, 0.25) is 0 Å². The zero-order valence-electron chi connectivity index (χ0n) is 8.69. The van der Waals surface area contributed by atoms with Crippen LogP contribution in [0.15, 0.2) is 18.2 Å². The smallest absolute Gasteiger partial charge is 0.311 e. The summed E-state index contributed by atoms with van der Waals surface area (Å²) in [7, 11) is 1.59. The van der Waals surface area contributed by atoms with Crippen molar-refractivity contribution < 1.29 is 14.6 Å². The Morgan fingerprint density at radius 3 is 3.00 bits per heavy atom. The van der Waals surface area contributed by atoms with Gasteiger partial charge in [-0.05, 0) is 30.9 Å². The van der Waals surface area contributed by atoms with E-state index in [9.17, 15) is 4.79 Å². The quantitative estimate of drug-likeness (QED) is 0.806. The predicted octanol–water partition coefficient (Wildman–Crippen LogP) is 2.20. The molecule has 0 saturated heterocycles. The van der Waals surface area contributed by atoms with Gasteiger partial charge in [0.25, 0.3) is 0 Å². The van der Waals surface area contributed by atoms with Crippen LogP contribution in [-0.2, 0) is 11.2 Å². The number of hydrogen-bond donors (Lipinski definition) is 1. The zero-order valence-corrected chi connectivity index (χ0v) is 8.69. The summed E-state index contributed by atoms with van der Waals surface area (Å²) in [6.45, 7) is 0. The second-order valence-electron chi connectivity index (χ2n) is 3.82. The maximum absolute atomic E-state index is 11.1. The fourth-order valence-electron chi connectivity index (χ4n) is 2.27. The number of ether oxygens (including phenoxy) is 1. The summed E-state index contributed by atoms with van der Waals surface area (Å²) in [6.07, 6.45) is 2.61. The molecule has 0 radical (unpaired) electrons. The van der Waals surface area contributed by atoms with E-state index < -0.39 is 11.9 Å². The molecular formula is C12H14O3. The van der Waals surface area contributed by atoms with Gasteiger partial charge in [0.1, 0.15) is 5.75 Å². The van der Waals surface area contributed by atoms with Crippen molar-refractivity contribution in [2.75, 3.05) is 7.11 Å². The molecule has 1 unspecified atom stereocenters. The predicted molar refractivity (Wildman–Crippen MR) is 56.3 cm³/mol. The van der Waals surface area contributed by atoms with Crippen LogP contribution < -0.4 is 4.74 Å². The Kier molecular flexibility index (Phi) is 2.62. The lowest BCUT2D eigenvalue weighted by Crippen LogP contribution is -2.18. The Balaban J connectivity index is 2.52. The van der Waals surface area contributed by atoms with E-state index in [1.807, 2.05) is 18.2 Å². The van der Waals surface area contributed by atoms with Crippen LogP contribution >= 0.6 is 0 Å². The molecule has 3 nitrogen and oxygen atoms in total. The molecule has 0 aliphatic heterocycles. The first-order valence-electron chi connectivity index (χ1n) is 5.12.